The van der Waals surface area contributed by atoms with Gasteiger partial charge in [-0.05, 0) is 24.1 Å². The summed E-state index contributed by atoms with van der Waals surface area (Å²) in [5, 5.41) is 18.3. The molecule has 0 radical (unpaired) electrons. The third-order valence-corrected chi connectivity index (χ3v) is 4.47. The number of carbonyl (C=O) groups is 1. The number of carboxylic acids is 1. The number of halogens is 1. The number of hydrogen-bond acceptors (Lipinski definition) is 4. The molecule has 118 valence electrons. The monoisotopic (exact) mass is 324 g/mol. The van der Waals surface area contributed by atoms with Gasteiger partial charge in [0.1, 0.15) is 11.1 Å². The summed E-state index contributed by atoms with van der Waals surface area (Å²) in [5.41, 5.74) is 1.35. The van der Waals surface area contributed by atoms with Crippen LogP contribution >= 0.6 is 11.8 Å². The molecule has 2 N–H and O–H groups in total. The summed E-state index contributed by atoms with van der Waals surface area (Å²) in [6, 6.07) is 6.07. The molecular weight excluding hydrogens is 307 g/mol. The molecule has 1 aromatic heterocycles. The van der Waals surface area contributed by atoms with E-state index >= 15 is 0 Å². The van der Waals surface area contributed by atoms with E-state index in [0.29, 0.717) is 23.8 Å². The van der Waals surface area contributed by atoms with Crippen molar-refractivity contribution >= 4 is 17.7 Å². The summed E-state index contributed by atoms with van der Waals surface area (Å²) in [5.74, 6) is -1.20. The van der Waals surface area contributed by atoms with E-state index in [9.17, 15) is 14.3 Å². The van der Waals surface area contributed by atoms with Gasteiger partial charge in [0, 0.05) is 12.7 Å². The molecule has 0 unspecified atom stereocenters. The third-order valence-electron chi connectivity index (χ3n) is 3.11. The minimum atomic E-state index is -0.894. The number of aromatic nitrogens is 2. The number of hydrogen-bond donors (Lipinski definition) is 2. The van der Waals surface area contributed by atoms with E-state index in [-0.39, 0.29) is 12.4 Å². The fourth-order valence-corrected chi connectivity index (χ4v) is 2.90. The third kappa shape index (κ3) is 4.08. The van der Waals surface area contributed by atoms with E-state index in [1.165, 1.54) is 12.1 Å². The Morgan fingerprint density at radius 2 is 2.09 bits per heavy atom. The van der Waals surface area contributed by atoms with E-state index in [1.807, 2.05) is 0 Å². The van der Waals surface area contributed by atoms with Crippen LogP contribution in [0.2, 0.25) is 0 Å². The standard InChI is InChI=1S/C15H17FN2O3S/c1-2-13(14(20)21)22-15-17-12(9-19)8-18(15)7-10-3-5-11(16)6-4-10/h3-6,8,13,19H,2,7,9H2,1H3,(H,20,21)/t13-/m0/s1. The van der Waals surface area contributed by atoms with Crippen LogP contribution in [0.3, 0.4) is 0 Å². The van der Waals surface area contributed by atoms with Gasteiger partial charge in [0.25, 0.3) is 0 Å². The lowest BCUT2D eigenvalue weighted by molar-refractivity contribution is -0.136. The molecule has 2 aromatic rings. The SMILES string of the molecule is CC[C@H](Sc1nc(CO)cn1Cc1ccc(F)cc1)C(=O)O. The molecule has 0 saturated carbocycles. The zero-order valence-electron chi connectivity index (χ0n) is 12.1. The van der Waals surface area contributed by atoms with Crippen LogP contribution in [-0.4, -0.2) is 31.0 Å². The molecule has 0 fully saturated rings. The molecule has 2 rings (SSSR count). The first-order valence-corrected chi connectivity index (χ1v) is 7.72. The lowest BCUT2D eigenvalue weighted by atomic mass is 10.2. The van der Waals surface area contributed by atoms with Gasteiger partial charge in [-0.2, -0.15) is 0 Å². The van der Waals surface area contributed by atoms with Crippen molar-refractivity contribution in [3.05, 3.63) is 47.5 Å². The highest BCUT2D eigenvalue weighted by molar-refractivity contribution is 8.00. The second-order valence-corrected chi connectivity index (χ2v) is 5.95. The summed E-state index contributed by atoms with van der Waals surface area (Å²) >= 11 is 1.15. The van der Waals surface area contributed by atoms with Crippen LogP contribution in [0.1, 0.15) is 24.6 Å². The number of aliphatic hydroxyl groups is 1. The molecule has 0 bridgehead atoms. The average Bonchev–Trinajstić information content (AvgIpc) is 2.88. The first-order chi connectivity index (χ1) is 10.5. The molecule has 0 aliphatic rings. The molecule has 22 heavy (non-hydrogen) atoms. The Morgan fingerprint density at radius 1 is 1.41 bits per heavy atom. The smallest absolute Gasteiger partial charge is 0.317 e. The van der Waals surface area contributed by atoms with Crippen LogP contribution in [-0.2, 0) is 17.9 Å². The Balaban J connectivity index is 2.24. The highest BCUT2D eigenvalue weighted by Crippen LogP contribution is 2.26. The van der Waals surface area contributed by atoms with E-state index < -0.39 is 11.2 Å². The number of nitrogens with zero attached hydrogens (tertiary/aromatic N) is 2. The summed E-state index contributed by atoms with van der Waals surface area (Å²) < 4.78 is 14.7. The quantitative estimate of drug-likeness (QED) is 0.766. The van der Waals surface area contributed by atoms with Crippen molar-refractivity contribution in [1.29, 1.82) is 0 Å². The fraction of sp³-hybridized carbons (Fsp3) is 0.333. The topological polar surface area (TPSA) is 75.4 Å². The number of rotatable bonds is 7. The molecule has 1 atom stereocenters. The largest absolute Gasteiger partial charge is 0.480 e. The Morgan fingerprint density at radius 3 is 2.64 bits per heavy atom. The Bertz CT molecular complexity index is 643. The number of aliphatic hydroxyl groups excluding tert-OH is 1. The molecule has 1 heterocycles. The van der Waals surface area contributed by atoms with Crippen molar-refractivity contribution in [3.63, 3.8) is 0 Å². The van der Waals surface area contributed by atoms with Crippen molar-refractivity contribution in [1.82, 2.24) is 9.55 Å². The summed E-state index contributed by atoms with van der Waals surface area (Å²) in [7, 11) is 0. The summed E-state index contributed by atoms with van der Waals surface area (Å²) in [6.07, 6.45) is 2.15. The van der Waals surface area contributed by atoms with Crippen LogP contribution in [0.25, 0.3) is 0 Å². The minimum Gasteiger partial charge on any atom is -0.480 e. The molecule has 0 saturated heterocycles. The van der Waals surface area contributed by atoms with Gasteiger partial charge >= 0.3 is 5.97 Å². The zero-order chi connectivity index (χ0) is 16.1. The number of aliphatic carboxylic acids is 1. The van der Waals surface area contributed by atoms with Crippen LogP contribution in [0.4, 0.5) is 4.39 Å². The first kappa shape index (κ1) is 16.5. The van der Waals surface area contributed by atoms with E-state index in [0.717, 1.165) is 17.3 Å². The van der Waals surface area contributed by atoms with Crippen molar-refractivity contribution in [2.75, 3.05) is 0 Å². The summed E-state index contributed by atoms with van der Waals surface area (Å²) in [6.45, 7) is 2.02. The van der Waals surface area contributed by atoms with Crippen LogP contribution in [0.15, 0.2) is 35.6 Å². The number of thioether (sulfide) groups is 1. The second kappa shape index (κ2) is 7.42. The fourth-order valence-electron chi connectivity index (χ4n) is 1.96. The van der Waals surface area contributed by atoms with Gasteiger partial charge in [-0.15, -0.1) is 0 Å². The summed E-state index contributed by atoms with van der Waals surface area (Å²) in [4.78, 5) is 15.4. The molecule has 0 spiro atoms. The van der Waals surface area contributed by atoms with Crippen LogP contribution in [0.5, 0.6) is 0 Å². The maximum absolute atomic E-state index is 12.9. The average molecular weight is 324 g/mol. The van der Waals surface area contributed by atoms with Gasteiger partial charge in [-0.3, -0.25) is 4.79 Å². The second-order valence-electron chi connectivity index (χ2n) is 4.78. The van der Waals surface area contributed by atoms with Crippen molar-refractivity contribution in [2.45, 2.75) is 36.9 Å². The maximum atomic E-state index is 12.9. The molecule has 0 amide bonds. The number of benzene rings is 1. The normalized spacial score (nSPS) is 12.3. The lowest BCUT2D eigenvalue weighted by Gasteiger charge is -2.11. The van der Waals surface area contributed by atoms with Crippen LogP contribution in [0, 0.1) is 5.82 Å². The number of imidazole rings is 1. The predicted octanol–water partition coefficient (Wildman–Crippen LogP) is 2.52. The maximum Gasteiger partial charge on any atom is 0.317 e. The molecule has 0 aliphatic carbocycles. The van der Waals surface area contributed by atoms with Gasteiger partial charge in [-0.1, -0.05) is 30.8 Å². The minimum absolute atomic E-state index is 0.214. The number of carboxylic acid groups (broad SMARTS) is 1. The molecular formula is C15H17FN2O3S. The lowest BCUT2D eigenvalue weighted by Crippen LogP contribution is -2.16. The van der Waals surface area contributed by atoms with Gasteiger partial charge in [0.15, 0.2) is 5.16 Å². The highest BCUT2D eigenvalue weighted by Gasteiger charge is 2.20. The zero-order valence-corrected chi connectivity index (χ0v) is 12.9. The Kier molecular flexibility index (Phi) is 5.57. The molecule has 7 heteroatoms. The van der Waals surface area contributed by atoms with Gasteiger partial charge < -0.3 is 14.8 Å². The van der Waals surface area contributed by atoms with Crippen LogP contribution < -0.4 is 0 Å². The van der Waals surface area contributed by atoms with Crippen molar-refractivity contribution < 1.29 is 19.4 Å². The Hall–Kier alpha value is -1.86. The van der Waals surface area contributed by atoms with Gasteiger partial charge in [0.2, 0.25) is 0 Å². The Labute approximate surface area is 131 Å². The molecule has 5 nitrogen and oxygen atoms in total. The highest BCUT2D eigenvalue weighted by atomic mass is 32.2. The van der Waals surface area contributed by atoms with E-state index in [4.69, 9.17) is 5.11 Å². The first-order valence-electron chi connectivity index (χ1n) is 6.84. The van der Waals surface area contributed by atoms with Crippen molar-refractivity contribution in [2.24, 2.45) is 0 Å². The van der Waals surface area contributed by atoms with E-state index in [2.05, 4.69) is 4.98 Å². The predicted molar refractivity (Wildman–Crippen MR) is 81.2 cm³/mol. The van der Waals surface area contributed by atoms with E-state index in [1.54, 1.807) is 29.8 Å². The molecule has 0 aliphatic heterocycles. The van der Waals surface area contributed by atoms with Crippen molar-refractivity contribution in [3.8, 4) is 0 Å². The van der Waals surface area contributed by atoms with Gasteiger partial charge in [0.05, 0.1) is 12.3 Å². The van der Waals surface area contributed by atoms with Gasteiger partial charge in [-0.25, -0.2) is 9.37 Å². The molecule has 1 aromatic carbocycles.